The van der Waals surface area contributed by atoms with Crippen LogP contribution in [0, 0.1) is 0 Å². The monoisotopic (exact) mass is 282 g/mol. The third-order valence-corrected chi connectivity index (χ3v) is 3.25. The molecule has 0 aromatic heterocycles. The first-order valence-corrected chi connectivity index (χ1v) is 7.08. The maximum atomic E-state index is 11.7. The first-order valence-electron chi connectivity index (χ1n) is 5.96. The summed E-state index contributed by atoms with van der Waals surface area (Å²) in [4.78, 5) is 11.7. The maximum absolute atomic E-state index is 11.7. The summed E-state index contributed by atoms with van der Waals surface area (Å²) in [5, 5.41) is 0.416. The van der Waals surface area contributed by atoms with Crippen molar-refractivity contribution in [3.8, 4) is 0 Å². The Morgan fingerprint density at radius 2 is 1.94 bits per heavy atom. The largest absolute Gasteiger partial charge is 0.293 e. The van der Waals surface area contributed by atoms with E-state index in [1.54, 1.807) is 0 Å². The van der Waals surface area contributed by atoms with E-state index in [-0.39, 0.29) is 5.78 Å². The third-order valence-electron chi connectivity index (χ3n) is 2.74. The molecule has 1 nitrogen and oxygen atoms in total. The molecule has 2 heteroatoms. The third kappa shape index (κ3) is 4.09. The average Bonchev–Trinajstić information content (AvgIpc) is 2.34. The van der Waals surface area contributed by atoms with Crippen molar-refractivity contribution >= 4 is 21.7 Å². The van der Waals surface area contributed by atoms with Gasteiger partial charge in [-0.1, -0.05) is 66.4 Å². The molecule has 0 saturated carbocycles. The van der Waals surface area contributed by atoms with Gasteiger partial charge in [-0.3, -0.25) is 4.79 Å². The van der Waals surface area contributed by atoms with Crippen LogP contribution >= 0.6 is 15.9 Å². The Balaban J connectivity index is 2.60. The van der Waals surface area contributed by atoms with Crippen LogP contribution in [0.2, 0.25) is 0 Å². The highest BCUT2D eigenvalue weighted by Gasteiger charge is 2.08. The lowest BCUT2D eigenvalue weighted by Gasteiger charge is -2.06. The van der Waals surface area contributed by atoms with E-state index in [4.69, 9.17) is 0 Å². The van der Waals surface area contributed by atoms with Gasteiger partial charge in [-0.15, -0.1) is 0 Å². The predicted molar refractivity (Wildman–Crippen MR) is 72.4 cm³/mol. The van der Waals surface area contributed by atoms with Crippen molar-refractivity contribution < 1.29 is 4.79 Å². The number of halogens is 1. The Kier molecular flexibility index (Phi) is 6.39. The van der Waals surface area contributed by atoms with Crippen molar-refractivity contribution in [1.29, 1.82) is 0 Å². The second-order valence-corrected chi connectivity index (χ2v) is 4.59. The molecule has 0 aliphatic heterocycles. The van der Waals surface area contributed by atoms with Gasteiger partial charge >= 0.3 is 0 Å². The van der Waals surface area contributed by atoms with Gasteiger partial charge in [0.2, 0.25) is 0 Å². The number of ketones is 1. The molecular formula is C14H19BrO. The maximum Gasteiger partial charge on any atom is 0.173 e. The zero-order valence-corrected chi connectivity index (χ0v) is 11.4. The van der Waals surface area contributed by atoms with Crippen LogP contribution in [0.3, 0.4) is 0 Å². The van der Waals surface area contributed by atoms with Crippen molar-refractivity contribution in [2.75, 3.05) is 5.33 Å². The fraction of sp³-hybridized carbons (Fsp3) is 0.500. The number of hydrogen-bond donors (Lipinski definition) is 0. The summed E-state index contributed by atoms with van der Waals surface area (Å²) in [6, 6.07) is 7.95. The fourth-order valence-corrected chi connectivity index (χ4v) is 2.13. The van der Waals surface area contributed by atoms with Gasteiger partial charge in [-0.25, -0.2) is 0 Å². The van der Waals surface area contributed by atoms with E-state index in [0.29, 0.717) is 5.33 Å². The number of rotatable bonds is 7. The number of alkyl halides is 1. The molecule has 0 N–H and O–H groups in total. The Labute approximate surface area is 106 Å². The van der Waals surface area contributed by atoms with Crippen LogP contribution in [-0.4, -0.2) is 11.1 Å². The quantitative estimate of drug-likeness (QED) is 0.412. The highest BCUT2D eigenvalue weighted by Crippen LogP contribution is 2.14. The number of benzene rings is 1. The number of aryl methyl sites for hydroxylation is 1. The predicted octanol–water partition coefficient (Wildman–Crippen LogP) is 4.39. The Bertz CT molecular complexity index is 333. The van der Waals surface area contributed by atoms with Gasteiger partial charge in [0, 0.05) is 5.56 Å². The zero-order valence-electron chi connectivity index (χ0n) is 9.84. The van der Waals surface area contributed by atoms with Gasteiger partial charge in [0.25, 0.3) is 0 Å². The number of carbonyl (C=O) groups is 1. The van der Waals surface area contributed by atoms with Crippen molar-refractivity contribution in [1.82, 2.24) is 0 Å². The number of carbonyl (C=O) groups excluding carboxylic acids is 1. The van der Waals surface area contributed by atoms with Gasteiger partial charge in [0.1, 0.15) is 0 Å². The van der Waals surface area contributed by atoms with Crippen LogP contribution in [0.5, 0.6) is 0 Å². The van der Waals surface area contributed by atoms with Crippen LogP contribution in [-0.2, 0) is 6.42 Å². The molecule has 0 heterocycles. The molecule has 0 radical (unpaired) electrons. The summed E-state index contributed by atoms with van der Waals surface area (Å²) < 4.78 is 0. The van der Waals surface area contributed by atoms with E-state index in [2.05, 4.69) is 28.9 Å². The van der Waals surface area contributed by atoms with Crippen molar-refractivity contribution in [2.24, 2.45) is 0 Å². The molecule has 88 valence electrons. The van der Waals surface area contributed by atoms with Crippen molar-refractivity contribution in [3.05, 3.63) is 35.4 Å². The smallest absolute Gasteiger partial charge is 0.173 e. The first kappa shape index (κ1) is 13.4. The fourth-order valence-electron chi connectivity index (χ4n) is 1.82. The second-order valence-electron chi connectivity index (χ2n) is 4.02. The van der Waals surface area contributed by atoms with Crippen LogP contribution in [0.4, 0.5) is 0 Å². The molecule has 0 bridgehead atoms. The molecule has 16 heavy (non-hydrogen) atoms. The molecule has 1 rings (SSSR count). The van der Waals surface area contributed by atoms with Gasteiger partial charge < -0.3 is 0 Å². The normalized spacial score (nSPS) is 10.4. The molecule has 0 spiro atoms. The summed E-state index contributed by atoms with van der Waals surface area (Å²) in [6.07, 6.45) is 6.00. The van der Waals surface area contributed by atoms with E-state index in [1.807, 2.05) is 18.2 Å². The molecule has 0 aliphatic carbocycles. The van der Waals surface area contributed by atoms with Crippen molar-refractivity contribution in [3.63, 3.8) is 0 Å². The molecule has 1 aromatic rings. The summed E-state index contributed by atoms with van der Waals surface area (Å²) in [7, 11) is 0. The van der Waals surface area contributed by atoms with E-state index in [9.17, 15) is 4.79 Å². The van der Waals surface area contributed by atoms with Gasteiger partial charge in [0.15, 0.2) is 5.78 Å². The minimum Gasteiger partial charge on any atom is -0.293 e. The number of Topliss-reactive ketones (excluding diaryl/α,β-unsaturated/α-hetero) is 1. The summed E-state index contributed by atoms with van der Waals surface area (Å²) in [5.74, 6) is 0.186. The highest BCUT2D eigenvalue weighted by molar-refractivity contribution is 9.09. The van der Waals surface area contributed by atoms with Crippen LogP contribution in [0.1, 0.15) is 48.5 Å². The van der Waals surface area contributed by atoms with E-state index in [0.717, 1.165) is 12.0 Å². The zero-order chi connectivity index (χ0) is 11.8. The second kappa shape index (κ2) is 7.61. The van der Waals surface area contributed by atoms with Crippen LogP contribution in [0.25, 0.3) is 0 Å². The topological polar surface area (TPSA) is 17.1 Å². The van der Waals surface area contributed by atoms with E-state index < -0.39 is 0 Å². The minimum absolute atomic E-state index is 0.186. The summed E-state index contributed by atoms with van der Waals surface area (Å²) in [6.45, 7) is 2.21. The highest BCUT2D eigenvalue weighted by atomic mass is 79.9. The van der Waals surface area contributed by atoms with Crippen LogP contribution in [0.15, 0.2) is 24.3 Å². The lowest BCUT2D eigenvalue weighted by atomic mass is 9.99. The van der Waals surface area contributed by atoms with Gasteiger partial charge in [0.05, 0.1) is 5.33 Å². The molecule has 0 unspecified atom stereocenters. The van der Waals surface area contributed by atoms with Crippen molar-refractivity contribution in [2.45, 2.75) is 39.0 Å². The van der Waals surface area contributed by atoms with E-state index in [1.165, 1.54) is 31.2 Å². The van der Waals surface area contributed by atoms with Gasteiger partial charge in [-0.05, 0) is 18.4 Å². The number of hydrogen-bond acceptors (Lipinski definition) is 1. The van der Waals surface area contributed by atoms with E-state index >= 15 is 0 Å². The molecule has 0 fully saturated rings. The van der Waals surface area contributed by atoms with Gasteiger partial charge in [-0.2, -0.15) is 0 Å². The van der Waals surface area contributed by atoms with Crippen LogP contribution < -0.4 is 0 Å². The molecule has 0 saturated heterocycles. The lowest BCUT2D eigenvalue weighted by Crippen LogP contribution is -2.04. The summed E-state index contributed by atoms with van der Waals surface area (Å²) >= 11 is 3.23. The molecule has 0 atom stereocenters. The molecule has 0 amide bonds. The Hall–Kier alpha value is -0.630. The Morgan fingerprint density at radius 3 is 2.62 bits per heavy atom. The first-order chi connectivity index (χ1) is 7.79. The number of unbranched alkanes of at least 4 members (excludes halogenated alkanes) is 3. The molecule has 1 aromatic carbocycles. The lowest BCUT2D eigenvalue weighted by molar-refractivity contribution is 0.102. The standard InChI is InChI=1S/C14H19BrO/c1-2-3-4-5-8-12-9-6-7-10-13(12)14(16)11-15/h6-7,9-10H,2-5,8,11H2,1H3. The summed E-state index contributed by atoms with van der Waals surface area (Å²) in [5.41, 5.74) is 2.08. The molecule has 0 aliphatic rings. The Morgan fingerprint density at radius 1 is 1.19 bits per heavy atom. The SMILES string of the molecule is CCCCCCc1ccccc1C(=O)CBr. The minimum atomic E-state index is 0.186. The molecular weight excluding hydrogens is 264 g/mol. The average molecular weight is 283 g/mol.